The molecule has 2 aromatic rings. The van der Waals surface area contributed by atoms with Gasteiger partial charge in [0.15, 0.2) is 0 Å². The summed E-state index contributed by atoms with van der Waals surface area (Å²) < 4.78 is 6.92. The fraction of sp³-hybridized carbons (Fsp3) is 0.364. The normalized spacial score (nSPS) is 29.2. The van der Waals surface area contributed by atoms with Crippen LogP contribution in [-0.4, -0.2) is 18.6 Å². The van der Waals surface area contributed by atoms with Crippen molar-refractivity contribution in [1.29, 1.82) is 0 Å². The van der Waals surface area contributed by atoms with Gasteiger partial charge >= 0.3 is 0 Å². The SMILES string of the molecule is CSc1ccc(C2OC[C@]3(C)C(C#Cc4ccccc4)=CCC3C3CC=C4CC(=O)CCC4=C23)cc1. The number of ether oxygens (including phenoxy) is 1. The van der Waals surface area contributed by atoms with Crippen molar-refractivity contribution in [3.8, 4) is 11.8 Å². The molecule has 36 heavy (non-hydrogen) atoms. The largest absolute Gasteiger partial charge is 0.368 e. The first kappa shape index (κ1) is 23.6. The highest BCUT2D eigenvalue weighted by molar-refractivity contribution is 7.98. The molecule has 0 N–H and O–H groups in total. The van der Waals surface area contributed by atoms with Crippen LogP contribution in [0.2, 0.25) is 0 Å². The zero-order valence-corrected chi connectivity index (χ0v) is 21.9. The van der Waals surface area contributed by atoms with Crippen molar-refractivity contribution in [3.63, 3.8) is 0 Å². The summed E-state index contributed by atoms with van der Waals surface area (Å²) in [6.45, 7) is 3.02. The molecule has 4 atom stereocenters. The lowest BCUT2D eigenvalue weighted by Crippen LogP contribution is -2.34. The molecule has 3 heteroatoms. The summed E-state index contributed by atoms with van der Waals surface area (Å²) in [4.78, 5) is 13.6. The fourth-order valence-electron chi connectivity index (χ4n) is 6.70. The van der Waals surface area contributed by atoms with Gasteiger partial charge in [-0.05, 0) is 83.9 Å². The molecule has 1 heterocycles. The van der Waals surface area contributed by atoms with Crippen molar-refractivity contribution in [2.45, 2.75) is 50.0 Å². The Labute approximate surface area is 218 Å². The molecule has 3 unspecified atom stereocenters. The van der Waals surface area contributed by atoms with Gasteiger partial charge in [0, 0.05) is 34.3 Å². The minimum Gasteiger partial charge on any atom is -0.368 e. The maximum atomic E-state index is 12.3. The highest BCUT2D eigenvalue weighted by atomic mass is 32.2. The number of rotatable bonds is 2. The molecule has 0 bridgehead atoms. The Balaban J connectivity index is 1.42. The van der Waals surface area contributed by atoms with E-state index < -0.39 is 0 Å². The van der Waals surface area contributed by atoms with Crippen molar-refractivity contribution < 1.29 is 9.53 Å². The summed E-state index contributed by atoms with van der Waals surface area (Å²) in [6.07, 6.45) is 10.9. The van der Waals surface area contributed by atoms with Gasteiger partial charge in [0.25, 0.3) is 0 Å². The van der Waals surface area contributed by atoms with Crippen LogP contribution < -0.4 is 0 Å². The molecule has 0 amide bonds. The number of Topliss-reactive ketones (excluding diaryl/α,β-unsaturated/α-hetero) is 1. The number of fused-ring (bicyclic) bond motifs is 4. The predicted octanol–water partition coefficient (Wildman–Crippen LogP) is 7.48. The van der Waals surface area contributed by atoms with Crippen LogP contribution in [0.15, 0.2) is 93.9 Å². The van der Waals surface area contributed by atoms with Crippen LogP contribution in [0.25, 0.3) is 0 Å². The Morgan fingerprint density at radius 2 is 1.78 bits per heavy atom. The zero-order valence-electron chi connectivity index (χ0n) is 21.1. The van der Waals surface area contributed by atoms with E-state index in [4.69, 9.17) is 4.74 Å². The Morgan fingerprint density at radius 3 is 2.56 bits per heavy atom. The van der Waals surface area contributed by atoms with Crippen LogP contribution in [-0.2, 0) is 9.53 Å². The number of hydrogen-bond donors (Lipinski definition) is 0. The molecule has 0 aromatic heterocycles. The van der Waals surface area contributed by atoms with E-state index in [9.17, 15) is 4.79 Å². The molecule has 3 aliphatic carbocycles. The molecule has 4 aliphatic rings. The summed E-state index contributed by atoms with van der Waals surface area (Å²) >= 11 is 1.76. The monoisotopic (exact) mass is 492 g/mol. The maximum absolute atomic E-state index is 12.3. The van der Waals surface area contributed by atoms with Gasteiger partial charge < -0.3 is 4.74 Å². The van der Waals surface area contributed by atoms with E-state index in [0.717, 1.165) is 24.8 Å². The average Bonchev–Trinajstić information content (AvgIpc) is 3.17. The number of allylic oxidation sites excluding steroid dienone is 4. The smallest absolute Gasteiger partial charge is 0.137 e. The van der Waals surface area contributed by atoms with Crippen LogP contribution in [0.4, 0.5) is 0 Å². The summed E-state index contributed by atoms with van der Waals surface area (Å²) in [7, 11) is 0. The fourth-order valence-corrected chi connectivity index (χ4v) is 7.11. The molecule has 0 radical (unpaired) electrons. The van der Waals surface area contributed by atoms with Crippen LogP contribution in [0.5, 0.6) is 0 Å². The number of thioether (sulfide) groups is 1. The van der Waals surface area contributed by atoms with Gasteiger partial charge in [0.05, 0.1) is 6.61 Å². The van der Waals surface area contributed by atoms with Crippen molar-refractivity contribution >= 4 is 17.5 Å². The van der Waals surface area contributed by atoms with E-state index >= 15 is 0 Å². The van der Waals surface area contributed by atoms with Crippen LogP contribution in [0.3, 0.4) is 0 Å². The van der Waals surface area contributed by atoms with Gasteiger partial charge in [-0.1, -0.05) is 61.2 Å². The first-order valence-corrected chi connectivity index (χ1v) is 14.3. The van der Waals surface area contributed by atoms with E-state index in [-0.39, 0.29) is 11.5 Å². The second kappa shape index (κ2) is 9.58. The predicted molar refractivity (Wildman–Crippen MR) is 147 cm³/mol. The number of ketones is 1. The molecule has 2 nitrogen and oxygen atoms in total. The Hall–Kier alpha value is -2.80. The van der Waals surface area contributed by atoms with Gasteiger partial charge in [-0.3, -0.25) is 4.79 Å². The lowest BCUT2D eigenvalue weighted by atomic mass is 9.63. The molecule has 2 aromatic carbocycles. The minimum atomic E-state index is -0.123. The average molecular weight is 493 g/mol. The topological polar surface area (TPSA) is 26.3 Å². The summed E-state index contributed by atoms with van der Waals surface area (Å²) in [5, 5.41) is 0. The molecule has 182 valence electrons. The van der Waals surface area contributed by atoms with Gasteiger partial charge in [-0.25, -0.2) is 0 Å². The van der Waals surface area contributed by atoms with Gasteiger partial charge in [-0.2, -0.15) is 0 Å². The number of benzene rings is 2. The standard InChI is InChI=1S/C33H32O2S/c1-33-21-35-32(23-9-15-27(36-2)16-10-23)31-28-18-14-26(34)20-24(28)11-17-29(31)30(33)19-13-25(33)12-8-22-6-4-3-5-7-22/h3-7,9-11,13,15-16,29-30,32H,14,17-21H2,1-2H3/t29?,30?,32?,33-/m1/s1. The van der Waals surface area contributed by atoms with E-state index in [2.05, 4.69) is 73.6 Å². The Morgan fingerprint density at radius 1 is 0.972 bits per heavy atom. The molecule has 1 saturated heterocycles. The molecular formula is C33H32O2S. The molecular weight excluding hydrogens is 460 g/mol. The minimum absolute atomic E-state index is 0.0661. The summed E-state index contributed by atoms with van der Waals surface area (Å²) in [6, 6.07) is 19.1. The zero-order chi connectivity index (χ0) is 24.7. The highest BCUT2D eigenvalue weighted by Crippen LogP contribution is 2.58. The third kappa shape index (κ3) is 4.11. The molecule has 1 aliphatic heterocycles. The maximum Gasteiger partial charge on any atom is 0.137 e. The molecule has 1 saturated carbocycles. The summed E-state index contributed by atoms with van der Waals surface area (Å²) in [5.74, 6) is 8.17. The third-order valence-corrected chi connectivity index (χ3v) is 9.40. The molecule has 2 fully saturated rings. The van der Waals surface area contributed by atoms with Crippen molar-refractivity contribution in [2.75, 3.05) is 12.9 Å². The van der Waals surface area contributed by atoms with Crippen molar-refractivity contribution in [3.05, 3.63) is 100 Å². The second-order valence-electron chi connectivity index (χ2n) is 10.7. The highest BCUT2D eigenvalue weighted by Gasteiger charge is 2.51. The second-order valence-corrected chi connectivity index (χ2v) is 11.6. The van der Waals surface area contributed by atoms with E-state index in [1.807, 2.05) is 18.2 Å². The Kier molecular flexibility index (Phi) is 6.28. The molecule has 6 rings (SSSR count). The van der Waals surface area contributed by atoms with Gasteiger partial charge in [0.2, 0.25) is 0 Å². The quantitative estimate of drug-likeness (QED) is 0.321. The van der Waals surface area contributed by atoms with Gasteiger partial charge in [0.1, 0.15) is 11.9 Å². The van der Waals surface area contributed by atoms with Crippen LogP contribution >= 0.6 is 11.8 Å². The first-order valence-electron chi connectivity index (χ1n) is 13.0. The lowest BCUT2D eigenvalue weighted by Gasteiger charge is -2.39. The number of carbonyl (C=O) groups excluding carboxylic acids is 1. The van der Waals surface area contributed by atoms with E-state index in [1.54, 1.807) is 11.8 Å². The van der Waals surface area contributed by atoms with Crippen molar-refractivity contribution in [2.24, 2.45) is 17.3 Å². The molecule has 0 spiro atoms. The number of hydrogen-bond acceptors (Lipinski definition) is 3. The van der Waals surface area contributed by atoms with Crippen LogP contribution in [0.1, 0.15) is 56.3 Å². The van der Waals surface area contributed by atoms with Crippen molar-refractivity contribution in [1.82, 2.24) is 0 Å². The van der Waals surface area contributed by atoms with Crippen LogP contribution in [0, 0.1) is 29.1 Å². The van der Waals surface area contributed by atoms with E-state index in [0.29, 0.717) is 37.1 Å². The Bertz CT molecular complexity index is 1340. The van der Waals surface area contributed by atoms with E-state index in [1.165, 1.54) is 32.8 Å². The first-order chi connectivity index (χ1) is 17.6. The number of carbonyl (C=O) groups is 1. The summed E-state index contributed by atoms with van der Waals surface area (Å²) in [5.41, 5.74) is 7.46. The van der Waals surface area contributed by atoms with Gasteiger partial charge in [-0.15, -0.1) is 11.8 Å². The lowest BCUT2D eigenvalue weighted by molar-refractivity contribution is -0.118. The third-order valence-electron chi connectivity index (χ3n) is 8.66.